The van der Waals surface area contributed by atoms with Crippen LogP contribution in [0.15, 0.2) is 54.6 Å². The van der Waals surface area contributed by atoms with E-state index in [1.54, 1.807) is 12.1 Å². The molecule has 3 heterocycles. The summed E-state index contributed by atoms with van der Waals surface area (Å²) < 4.78 is 14.3. The van der Waals surface area contributed by atoms with Crippen LogP contribution in [0.3, 0.4) is 0 Å². The molecule has 42 heavy (non-hydrogen) atoms. The third-order valence-corrected chi connectivity index (χ3v) is 11.3. The van der Waals surface area contributed by atoms with E-state index in [4.69, 9.17) is 4.98 Å². The van der Waals surface area contributed by atoms with Gasteiger partial charge in [-0.2, -0.15) is 0 Å². The van der Waals surface area contributed by atoms with Gasteiger partial charge < -0.3 is 10.0 Å². The minimum atomic E-state index is -0.704. The average Bonchev–Trinajstić information content (AvgIpc) is 3.57. The summed E-state index contributed by atoms with van der Waals surface area (Å²) in [7, 11) is 0. The number of thiazole rings is 1. The first kappa shape index (κ1) is 29.5. The number of aliphatic carboxylic acids is 1. The molecule has 6 rings (SSSR count). The van der Waals surface area contributed by atoms with E-state index in [1.165, 1.54) is 33.6 Å². The molecule has 2 saturated heterocycles. The van der Waals surface area contributed by atoms with Gasteiger partial charge >= 0.3 is 5.97 Å². The lowest BCUT2D eigenvalue weighted by Gasteiger charge is -2.35. The Morgan fingerprint density at radius 3 is 2.52 bits per heavy atom. The highest BCUT2D eigenvalue weighted by Crippen LogP contribution is 2.40. The number of hydrogen-bond acceptors (Lipinski definition) is 5. The number of likely N-dealkylation sites (tertiary alicyclic amines) is 2. The van der Waals surface area contributed by atoms with Crippen LogP contribution in [0.2, 0.25) is 0 Å². The maximum Gasteiger partial charge on any atom is 0.320 e. The smallest absolute Gasteiger partial charge is 0.320 e. The number of aromatic nitrogens is 1. The predicted octanol–water partition coefficient (Wildman–Crippen LogP) is 6.97. The van der Waals surface area contributed by atoms with Crippen LogP contribution < -0.4 is 0 Å². The number of aryl methyl sites for hydroxylation is 1. The summed E-state index contributed by atoms with van der Waals surface area (Å²) in [5, 5.41) is 11.4. The standard InChI is InChI=1S/C35H44FN3O2S/c1-2-31-34(42-33(37-31)19-25-8-4-3-5-9-25)26-14-16-38(17-15-26)21-28-22-39(32(35(40)41)18-24-10-6-11-24)23-30(28)27-12-7-13-29(36)20-27/h3-5,7-9,12-13,20,24,26,28,30,32H,2,6,10-11,14-19,21-23H2,1H3,(H,40,41)/t28-,30?,32+/m0/s1. The Morgan fingerprint density at radius 2 is 1.86 bits per heavy atom. The van der Waals surface area contributed by atoms with E-state index in [1.807, 2.05) is 17.4 Å². The molecule has 3 atom stereocenters. The highest BCUT2D eigenvalue weighted by Gasteiger charge is 2.41. The van der Waals surface area contributed by atoms with Crippen molar-refractivity contribution >= 4 is 17.3 Å². The first-order valence-corrected chi connectivity index (χ1v) is 16.8. The summed E-state index contributed by atoms with van der Waals surface area (Å²) in [5.41, 5.74) is 3.59. The van der Waals surface area contributed by atoms with Gasteiger partial charge in [0.05, 0.1) is 10.7 Å². The van der Waals surface area contributed by atoms with Crippen molar-refractivity contribution in [1.82, 2.24) is 14.8 Å². The van der Waals surface area contributed by atoms with Crippen molar-refractivity contribution in [3.8, 4) is 0 Å². The van der Waals surface area contributed by atoms with E-state index in [0.717, 1.165) is 76.7 Å². The summed E-state index contributed by atoms with van der Waals surface area (Å²) in [6.45, 7) is 6.69. The fourth-order valence-corrected chi connectivity index (χ4v) is 8.81. The summed E-state index contributed by atoms with van der Waals surface area (Å²) in [4.78, 5) is 23.7. The second kappa shape index (κ2) is 13.4. The number of carboxylic acid groups (broad SMARTS) is 1. The fraction of sp³-hybridized carbons (Fsp3) is 0.543. The number of nitrogens with zero attached hydrogens (tertiary/aromatic N) is 3. The van der Waals surface area contributed by atoms with Gasteiger partial charge in [0.2, 0.25) is 0 Å². The molecule has 0 amide bonds. The molecule has 1 aromatic heterocycles. The van der Waals surface area contributed by atoms with Crippen molar-refractivity contribution < 1.29 is 14.3 Å². The van der Waals surface area contributed by atoms with Crippen LogP contribution in [0.25, 0.3) is 0 Å². The molecule has 2 aliphatic heterocycles. The monoisotopic (exact) mass is 589 g/mol. The predicted molar refractivity (Wildman–Crippen MR) is 167 cm³/mol. The van der Waals surface area contributed by atoms with Crippen LogP contribution in [-0.2, 0) is 17.6 Å². The fourth-order valence-electron chi connectivity index (χ4n) is 7.45. The first-order chi connectivity index (χ1) is 20.5. The molecule has 1 N–H and O–H groups in total. The molecule has 1 unspecified atom stereocenters. The molecule has 0 spiro atoms. The van der Waals surface area contributed by atoms with Gasteiger partial charge in [0, 0.05) is 36.9 Å². The highest BCUT2D eigenvalue weighted by atomic mass is 32.1. The normalized spacial score (nSPS) is 23.2. The molecule has 224 valence electrons. The van der Waals surface area contributed by atoms with E-state index in [-0.39, 0.29) is 11.7 Å². The molecular weight excluding hydrogens is 545 g/mol. The van der Waals surface area contributed by atoms with Crippen LogP contribution in [0, 0.1) is 17.7 Å². The summed E-state index contributed by atoms with van der Waals surface area (Å²) in [5.74, 6) is 0.608. The van der Waals surface area contributed by atoms with Crippen molar-refractivity contribution in [2.24, 2.45) is 11.8 Å². The van der Waals surface area contributed by atoms with Crippen molar-refractivity contribution in [1.29, 1.82) is 0 Å². The van der Waals surface area contributed by atoms with Crippen molar-refractivity contribution in [2.45, 2.75) is 76.2 Å². The lowest BCUT2D eigenvalue weighted by molar-refractivity contribution is -0.144. The Labute approximate surface area is 253 Å². The Bertz CT molecular complexity index is 1340. The highest BCUT2D eigenvalue weighted by molar-refractivity contribution is 7.11. The third-order valence-electron chi connectivity index (χ3n) is 10.0. The molecule has 3 fully saturated rings. The van der Waals surface area contributed by atoms with E-state index >= 15 is 0 Å². The lowest BCUT2D eigenvalue weighted by Crippen LogP contribution is -2.43. The number of carboxylic acids is 1. The SMILES string of the molecule is CCc1nc(Cc2ccccc2)sc1C1CCN(C[C@H]2CN([C@H](CC3CCC3)C(=O)O)CC2c2cccc(F)c2)CC1. The van der Waals surface area contributed by atoms with E-state index in [9.17, 15) is 14.3 Å². The van der Waals surface area contributed by atoms with Gasteiger partial charge in [-0.05, 0) is 79.8 Å². The minimum Gasteiger partial charge on any atom is -0.480 e. The van der Waals surface area contributed by atoms with Gasteiger partial charge in [-0.25, -0.2) is 9.37 Å². The summed E-state index contributed by atoms with van der Waals surface area (Å²) in [6, 6.07) is 17.2. The number of hydrogen-bond donors (Lipinski definition) is 1. The molecule has 5 nitrogen and oxygen atoms in total. The minimum absolute atomic E-state index is 0.149. The third kappa shape index (κ3) is 6.79. The Morgan fingerprint density at radius 1 is 1.07 bits per heavy atom. The van der Waals surface area contributed by atoms with E-state index in [0.29, 0.717) is 24.3 Å². The zero-order valence-corrected chi connectivity index (χ0v) is 25.6. The van der Waals surface area contributed by atoms with Crippen LogP contribution in [0.1, 0.15) is 84.0 Å². The second-order valence-electron chi connectivity index (χ2n) is 12.8. The molecule has 1 aliphatic carbocycles. The number of benzene rings is 2. The largest absolute Gasteiger partial charge is 0.480 e. The van der Waals surface area contributed by atoms with Gasteiger partial charge in [0.1, 0.15) is 11.9 Å². The van der Waals surface area contributed by atoms with Gasteiger partial charge in [0.15, 0.2) is 0 Å². The number of halogens is 1. The molecule has 0 bridgehead atoms. The molecule has 1 saturated carbocycles. The van der Waals surface area contributed by atoms with Crippen LogP contribution in [0.5, 0.6) is 0 Å². The number of rotatable bonds is 11. The van der Waals surface area contributed by atoms with Crippen molar-refractivity contribution in [2.75, 3.05) is 32.7 Å². The van der Waals surface area contributed by atoms with E-state index < -0.39 is 12.0 Å². The molecule has 2 aromatic carbocycles. The van der Waals surface area contributed by atoms with Gasteiger partial charge in [0.25, 0.3) is 0 Å². The van der Waals surface area contributed by atoms with Crippen LogP contribution >= 0.6 is 11.3 Å². The number of piperidine rings is 1. The lowest BCUT2D eigenvalue weighted by atomic mass is 9.80. The number of carbonyl (C=O) groups is 1. The molecule has 7 heteroatoms. The van der Waals surface area contributed by atoms with Gasteiger partial charge in [-0.15, -0.1) is 11.3 Å². The van der Waals surface area contributed by atoms with Crippen LogP contribution in [-0.4, -0.2) is 64.6 Å². The summed E-state index contributed by atoms with van der Waals surface area (Å²) in [6.07, 6.45) is 8.38. The average molecular weight is 590 g/mol. The molecular formula is C35H44FN3O2S. The Kier molecular flexibility index (Phi) is 9.37. The topological polar surface area (TPSA) is 56.7 Å². The van der Waals surface area contributed by atoms with Crippen molar-refractivity contribution in [3.63, 3.8) is 0 Å². The Hall–Kier alpha value is -2.61. The maximum atomic E-state index is 14.3. The molecule has 0 radical (unpaired) electrons. The van der Waals surface area contributed by atoms with Crippen LogP contribution in [0.4, 0.5) is 4.39 Å². The molecule has 3 aromatic rings. The van der Waals surface area contributed by atoms with Gasteiger partial charge in [-0.1, -0.05) is 68.7 Å². The zero-order chi connectivity index (χ0) is 29.1. The maximum absolute atomic E-state index is 14.3. The van der Waals surface area contributed by atoms with Gasteiger partial charge in [-0.3, -0.25) is 9.69 Å². The second-order valence-corrected chi connectivity index (χ2v) is 13.9. The Balaban J connectivity index is 1.12. The summed E-state index contributed by atoms with van der Waals surface area (Å²) >= 11 is 1.91. The quantitative estimate of drug-likeness (QED) is 0.262. The first-order valence-electron chi connectivity index (χ1n) is 15.9. The van der Waals surface area contributed by atoms with E-state index in [2.05, 4.69) is 47.1 Å². The zero-order valence-electron chi connectivity index (χ0n) is 24.8. The molecule has 3 aliphatic rings. The van der Waals surface area contributed by atoms with Crippen molar-refractivity contribution in [3.05, 3.63) is 87.1 Å².